The van der Waals surface area contributed by atoms with E-state index in [4.69, 9.17) is 10.00 Å². The number of carbonyl (C=O) groups is 2. The van der Waals surface area contributed by atoms with Crippen LogP contribution in [0.2, 0.25) is 0 Å². The molecule has 2 aromatic rings. The van der Waals surface area contributed by atoms with Gasteiger partial charge in [0.2, 0.25) is 11.8 Å². The van der Waals surface area contributed by atoms with Crippen molar-refractivity contribution in [3.05, 3.63) is 59.7 Å². The molecule has 1 heterocycles. The molecule has 1 N–H and O–H groups in total. The molecular formula is C21H21N3O3. The van der Waals surface area contributed by atoms with Crippen molar-refractivity contribution in [2.45, 2.75) is 12.8 Å². The van der Waals surface area contributed by atoms with Crippen molar-refractivity contribution in [1.29, 1.82) is 5.26 Å². The van der Waals surface area contributed by atoms with Gasteiger partial charge in [0.25, 0.3) is 0 Å². The number of nitriles is 1. The molecule has 1 atom stereocenters. The normalized spacial score (nSPS) is 16.1. The number of likely N-dealkylation sites (tertiary alicyclic amines) is 1. The van der Waals surface area contributed by atoms with E-state index in [-0.39, 0.29) is 24.2 Å². The van der Waals surface area contributed by atoms with Crippen molar-refractivity contribution >= 4 is 17.5 Å². The van der Waals surface area contributed by atoms with Gasteiger partial charge in [0.15, 0.2) is 0 Å². The SMILES string of the molecule is COc1cccc(CCN2CC(C(=O)Nc3cccc(C#N)c3)CC2=O)c1. The minimum atomic E-state index is -0.381. The number of methoxy groups -OCH3 is 1. The molecule has 3 rings (SSSR count). The monoisotopic (exact) mass is 363 g/mol. The molecular weight excluding hydrogens is 342 g/mol. The average Bonchev–Trinajstić information content (AvgIpc) is 3.07. The van der Waals surface area contributed by atoms with E-state index in [2.05, 4.69) is 5.32 Å². The van der Waals surface area contributed by atoms with E-state index in [1.165, 1.54) is 0 Å². The van der Waals surface area contributed by atoms with Gasteiger partial charge >= 0.3 is 0 Å². The van der Waals surface area contributed by atoms with Crippen molar-refractivity contribution in [3.63, 3.8) is 0 Å². The fraction of sp³-hybridized carbons (Fsp3) is 0.286. The molecule has 27 heavy (non-hydrogen) atoms. The van der Waals surface area contributed by atoms with E-state index in [1.807, 2.05) is 30.3 Å². The summed E-state index contributed by atoms with van der Waals surface area (Å²) < 4.78 is 5.22. The van der Waals surface area contributed by atoms with Crippen LogP contribution in [0.3, 0.4) is 0 Å². The van der Waals surface area contributed by atoms with Crippen LogP contribution in [0.15, 0.2) is 48.5 Å². The van der Waals surface area contributed by atoms with Crippen molar-refractivity contribution in [2.24, 2.45) is 5.92 Å². The molecule has 0 bridgehead atoms. The summed E-state index contributed by atoms with van der Waals surface area (Å²) in [7, 11) is 1.62. The number of ether oxygens (including phenoxy) is 1. The summed E-state index contributed by atoms with van der Waals surface area (Å²) in [6.07, 6.45) is 0.920. The second-order valence-corrected chi connectivity index (χ2v) is 6.52. The standard InChI is InChI=1S/C21H21N3O3/c1-27-19-7-3-4-15(11-19)8-9-24-14-17(12-20(24)25)21(26)23-18-6-2-5-16(10-18)13-22/h2-7,10-11,17H,8-9,12,14H2,1H3,(H,23,26). The largest absolute Gasteiger partial charge is 0.497 e. The zero-order valence-electron chi connectivity index (χ0n) is 15.1. The fourth-order valence-corrected chi connectivity index (χ4v) is 3.17. The molecule has 1 unspecified atom stereocenters. The summed E-state index contributed by atoms with van der Waals surface area (Å²) in [4.78, 5) is 26.5. The van der Waals surface area contributed by atoms with E-state index in [0.29, 0.717) is 30.8 Å². The molecule has 138 valence electrons. The second kappa shape index (κ2) is 8.37. The minimum Gasteiger partial charge on any atom is -0.497 e. The van der Waals surface area contributed by atoms with Crippen LogP contribution in [0.5, 0.6) is 5.75 Å². The number of hydrogen-bond donors (Lipinski definition) is 1. The van der Waals surface area contributed by atoms with Gasteiger partial charge in [-0.15, -0.1) is 0 Å². The highest BCUT2D eigenvalue weighted by Crippen LogP contribution is 2.21. The number of hydrogen-bond acceptors (Lipinski definition) is 4. The topological polar surface area (TPSA) is 82.4 Å². The third kappa shape index (κ3) is 4.64. The maximum Gasteiger partial charge on any atom is 0.229 e. The summed E-state index contributed by atoms with van der Waals surface area (Å²) in [6, 6.07) is 16.5. The molecule has 2 aromatic carbocycles. The highest BCUT2D eigenvalue weighted by molar-refractivity contribution is 5.97. The molecule has 0 spiro atoms. The maximum atomic E-state index is 12.5. The molecule has 1 fully saturated rings. The summed E-state index contributed by atoms with van der Waals surface area (Å²) in [6.45, 7) is 0.978. The Kier molecular flexibility index (Phi) is 5.72. The van der Waals surface area contributed by atoms with E-state index < -0.39 is 0 Å². The van der Waals surface area contributed by atoms with Gasteiger partial charge in [-0.3, -0.25) is 9.59 Å². The number of rotatable bonds is 6. The van der Waals surface area contributed by atoms with Gasteiger partial charge in [-0.05, 0) is 42.3 Å². The Labute approximate surface area is 158 Å². The lowest BCUT2D eigenvalue weighted by molar-refractivity contribution is -0.128. The Hall–Kier alpha value is -3.33. The summed E-state index contributed by atoms with van der Waals surface area (Å²) >= 11 is 0. The van der Waals surface area contributed by atoms with E-state index in [1.54, 1.807) is 36.3 Å². The molecule has 1 aliphatic heterocycles. The van der Waals surface area contributed by atoms with E-state index >= 15 is 0 Å². The van der Waals surface area contributed by atoms with Crippen LogP contribution in [-0.4, -0.2) is 36.9 Å². The van der Waals surface area contributed by atoms with Crippen LogP contribution < -0.4 is 10.1 Å². The van der Waals surface area contributed by atoms with Crippen LogP contribution >= 0.6 is 0 Å². The average molecular weight is 363 g/mol. The molecule has 0 aromatic heterocycles. The zero-order chi connectivity index (χ0) is 19.2. The Balaban J connectivity index is 1.56. The van der Waals surface area contributed by atoms with Gasteiger partial charge in [0.05, 0.1) is 24.7 Å². The third-order valence-electron chi connectivity index (χ3n) is 4.65. The van der Waals surface area contributed by atoms with Gasteiger partial charge in [-0.2, -0.15) is 5.26 Å². The van der Waals surface area contributed by atoms with Crippen molar-refractivity contribution in [1.82, 2.24) is 4.90 Å². The Morgan fingerprint density at radius 2 is 2.11 bits per heavy atom. The van der Waals surface area contributed by atoms with Gasteiger partial charge in [-0.1, -0.05) is 18.2 Å². The van der Waals surface area contributed by atoms with Gasteiger partial charge < -0.3 is 15.0 Å². The first-order chi connectivity index (χ1) is 13.1. The van der Waals surface area contributed by atoms with E-state index in [0.717, 1.165) is 11.3 Å². The van der Waals surface area contributed by atoms with Crippen LogP contribution in [-0.2, 0) is 16.0 Å². The quantitative estimate of drug-likeness (QED) is 0.855. The van der Waals surface area contributed by atoms with Crippen molar-refractivity contribution in [2.75, 3.05) is 25.5 Å². The molecule has 1 aliphatic rings. The molecule has 6 heteroatoms. The van der Waals surface area contributed by atoms with Gasteiger partial charge in [0, 0.05) is 25.2 Å². The van der Waals surface area contributed by atoms with Crippen LogP contribution in [0.4, 0.5) is 5.69 Å². The van der Waals surface area contributed by atoms with Crippen molar-refractivity contribution < 1.29 is 14.3 Å². The number of amides is 2. The molecule has 0 aliphatic carbocycles. The second-order valence-electron chi connectivity index (χ2n) is 6.52. The highest BCUT2D eigenvalue weighted by atomic mass is 16.5. The summed E-state index contributed by atoms with van der Waals surface area (Å²) in [5.41, 5.74) is 2.14. The summed E-state index contributed by atoms with van der Waals surface area (Å²) in [5, 5.41) is 11.7. The lowest BCUT2D eigenvalue weighted by atomic mass is 10.1. The number of nitrogens with one attached hydrogen (secondary N) is 1. The Morgan fingerprint density at radius 1 is 1.30 bits per heavy atom. The van der Waals surface area contributed by atoms with Crippen LogP contribution in [0, 0.1) is 17.2 Å². The minimum absolute atomic E-state index is 0.0104. The maximum absolute atomic E-state index is 12.5. The lowest BCUT2D eigenvalue weighted by Crippen LogP contribution is -2.30. The molecule has 0 radical (unpaired) electrons. The van der Waals surface area contributed by atoms with E-state index in [9.17, 15) is 9.59 Å². The first kappa shape index (κ1) is 18.5. The molecule has 1 saturated heterocycles. The molecule has 6 nitrogen and oxygen atoms in total. The van der Waals surface area contributed by atoms with Gasteiger partial charge in [-0.25, -0.2) is 0 Å². The zero-order valence-corrected chi connectivity index (χ0v) is 15.1. The first-order valence-electron chi connectivity index (χ1n) is 8.81. The summed E-state index contributed by atoms with van der Waals surface area (Å²) in [5.74, 6) is 0.205. The number of carbonyl (C=O) groups excluding carboxylic acids is 2. The number of nitrogens with zero attached hydrogens (tertiary/aromatic N) is 2. The van der Waals surface area contributed by atoms with Crippen LogP contribution in [0.1, 0.15) is 17.5 Å². The predicted octanol–water partition coefficient (Wildman–Crippen LogP) is 2.60. The third-order valence-corrected chi connectivity index (χ3v) is 4.65. The lowest BCUT2D eigenvalue weighted by Gasteiger charge is -2.17. The Bertz CT molecular complexity index is 888. The Morgan fingerprint density at radius 3 is 2.89 bits per heavy atom. The predicted molar refractivity (Wildman–Crippen MR) is 101 cm³/mol. The molecule has 0 saturated carbocycles. The van der Waals surface area contributed by atoms with Crippen molar-refractivity contribution in [3.8, 4) is 11.8 Å². The fourth-order valence-electron chi connectivity index (χ4n) is 3.17. The number of benzene rings is 2. The van der Waals surface area contributed by atoms with Gasteiger partial charge in [0.1, 0.15) is 5.75 Å². The highest BCUT2D eigenvalue weighted by Gasteiger charge is 2.34. The molecule has 2 amide bonds. The smallest absolute Gasteiger partial charge is 0.229 e. The van der Waals surface area contributed by atoms with Crippen LogP contribution in [0.25, 0.3) is 0 Å². The first-order valence-corrected chi connectivity index (χ1v) is 8.81. The number of anilines is 1.